The molecule has 4 N–H and O–H groups in total. The largest absolute Gasteiger partial charge is 0.392 e. The third-order valence-corrected chi connectivity index (χ3v) is 3.37. The normalized spacial score (nSPS) is 15.6. The van der Waals surface area contributed by atoms with Crippen LogP contribution in [0.15, 0.2) is 12.3 Å². The molecule has 0 saturated heterocycles. The molecule has 0 radical (unpaired) electrons. The molecule has 0 aliphatic heterocycles. The quantitative estimate of drug-likeness (QED) is 0.508. The van der Waals surface area contributed by atoms with E-state index >= 15 is 0 Å². The van der Waals surface area contributed by atoms with Gasteiger partial charge in [0.2, 0.25) is 0 Å². The Hall–Kier alpha value is -2.21. The van der Waals surface area contributed by atoms with Crippen LogP contribution in [-0.4, -0.2) is 50.2 Å². The minimum absolute atomic E-state index is 0.00264. The molecule has 112 valence electrons. The van der Waals surface area contributed by atoms with Gasteiger partial charge >= 0.3 is 6.08 Å². The van der Waals surface area contributed by atoms with Crippen molar-refractivity contribution in [3.05, 3.63) is 18.3 Å². The summed E-state index contributed by atoms with van der Waals surface area (Å²) in [6.45, 7) is -0.621. The molecule has 0 amide bonds. The number of methoxy groups -OCH3 is 1. The number of halogens is 1. The second-order valence-corrected chi connectivity index (χ2v) is 4.50. The first kappa shape index (κ1) is 15.2. The number of nitrogen functional groups attached to an aromatic ring is 1. The first-order valence-electron chi connectivity index (χ1n) is 6.07. The lowest BCUT2D eigenvalue weighted by molar-refractivity contribution is -0.0947. The molecule has 2 heterocycles. The van der Waals surface area contributed by atoms with E-state index in [1.54, 1.807) is 12.3 Å². The summed E-state index contributed by atoms with van der Waals surface area (Å²) in [5.41, 5.74) is 4.27. The monoisotopic (exact) mass is 294 g/mol. The van der Waals surface area contributed by atoms with Gasteiger partial charge in [0, 0.05) is 13.3 Å². The Morgan fingerprint density at radius 2 is 2.33 bits per heavy atom. The lowest BCUT2D eigenvalue weighted by Gasteiger charge is -2.30. The molecule has 0 saturated carbocycles. The Kier molecular flexibility index (Phi) is 4.09. The van der Waals surface area contributed by atoms with Crippen LogP contribution in [0.4, 0.5) is 10.2 Å². The maximum Gasteiger partial charge on any atom is 0.312 e. The van der Waals surface area contributed by atoms with E-state index in [9.17, 15) is 14.6 Å². The van der Waals surface area contributed by atoms with Crippen molar-refractivity contribution in [2.75, 3.05) is 19.5 Å². The summed E-state index contributed by atoms with van der Waals surface area (Å²) in [7, 11) is 1.28. The second kappa shape index (κ2) is 5.65. The number of hydrogen-bond donors (Lipinski definition) is 3. The van der Waals surface area contributed by atoms with Gasteiger partial charge in [-0.25, -0.2) is 0 Å². The van der Waals surface area contributed by atoms with E-state index in [-0.39, 0.29) is 18.0 Å². The minimum Gasteiger partial charge on any atom is -0.392 e. The summed E-state index contributed by atoms with van der Waals surface area (Å²) in [5.74, 6) is 2.23. The van der Waals surface area contributed by atoms with Crippen LogP contribution in [0.25, 0.3) is 11.0 Å². The lowest BCUT2D eigenvalue weighted by atomic mass is 9.98. The molecule has 0 aliphatic rings. The van der Waals surface area contributed by atoms with Crippen LogP contribution in [0.2, 0.25) is 0 Å². The highest BCUT2D eigenvalue weighted by molar-refractivity contribution is 5.86. The first-order chi connectivity index (χ1) is 9.97. The smallest absolute Gasteiger partial charge is 0.312 e. The van der Waals surface area contributed by atoms with Gasteiger partial charge in [-0.1, -0.05) is 5.92 Å². The van der Waals surface area contributed by atoms with E-state index in [4.69, 9.17) is 16.9 Å². The number of fused-ring (bicyclic) bond motifs is 1. The van der Waals surface area contributed by atoms with Gasteiger partial charge in [-0.2, -0.15) is 14.4 Å². The van der Waals surface area contributed by atoms with E-state index in [0.29, 0.717) is 5.39 Å². The fourth-order valence-corrected chi connectivity index (χ4v) is 2.05. The average molecular weight is 294 g/mol. The first-order valence-corrected chi connectivity index (χ1v) is 6.07. The zero-order chi connectivity index (χ0) is 15.6. The Bertz CT molecular complexity index is 691. The molecule has 0 unspecified atom stereocenters. The van der Waals surface area contributed by atoms with Crippen molar-refractivity contribution in [1.29, 1.82) is 0 Å². The predicted octanol–water partition coefficient (Wildman–Crippen LogP) is -0.476. The molecule has 2 atom stereocenters. The number of aliphatic hydroxyl groups excluding tert-OH is 2. The molecule has 2 rings (SSSR count). The summed E-state index contributed by atoms with van der Waals surface area (Å²) in [6.07, 6.45) is 4.68. The van der Waals surface area contributed by atoms with E-state index in [1.165, 1.54) is 11.7 Å². The Morgan fingerprint density at radius 3 is 2.90 bits per heavy atom. The summed E-state index contributed by atoms with van der Waals surface area (Å²) in [6, 6.07) is 1.60. The highest BCUT2D eigenvalue weighted by atomic mass is 19.1. The third-order valence-electron chi connectivity index (χ3n) is 3.37. The van der Waals surface area contributed by atoms with Crippen molar-refractivity contribution in [3.63, 3.8) is 0 Å². The summed E-state index contributed by atoms with van der Waals surface area (Å²) >= 11 is 0. The molecule has 2 aromatic rings. The molecule has 21 heavy (non-hydrogen) atoms. The fourth-order valence-electron chi connectivity index (χ4n) is 2.05. The molecule has 7 nitrogen and oxygen atoms in total. The van der Waals surface area contributed by atoms with Crippen molar-refractivity contribution < 1.29 is 19.3 Å². The highest BCUT2D eigenvalue weighted by Crippen LogP contribution is 2.22. The van der Waals surface area contributed by atoms with Crippen molar-refractivity contribution in [2.45, 2.75) is 18.2 Å². The zero-order valence-corrected chi connectivity index (χ0v) is 11.3. The van der Waals surface area contributed by atoms with Crippen molar-refractivity contribution in [1.82, 2.24) is 14.5 Å². The molecular formula is C13H15FN4O3. The lowest BCUT2D eigenvalue weighted by Crippen LogP contribution is -2.48. The Morgan fingerprint density at radius 1 is 1.62 bits per heavy atom. The maximum atomic E-state index is 13.2. The van der Waals surface area contributed by atoms with Crippen LogP contribution < -0.4 is 5.73 Å². The number of rotatable bonds is 5. The van der Waals surface area contributed by atoms with Crippen molar-refractivity contribution in [2.24, 2.45) is 0 Å². The molecule has 0 spiro atoms. The fraction of sp³-hybridized carbons (Fsp3) is 0.385. The van der Waals surface area contributed by atoms with Crippen LogP contribution in [0.1, 0.15) is 0 Å². The van der Waals surface area contributed by atoms with Gasteiger partial charge < -0.3 is 25.3 Å². The number of anilines is 1. The topological polar surface area (TPSA) is 106 Å². The van der Waals surface area contributed by atoms with E-state index in [1.807, 2.05) is 0 Å². The zero-order valence-electron chi connectivity index (χ0n) is 11.3. The molecule has 2 aromatic heterocycles. The number of nitrogens with two attached hydrogens (primary N) is 1. The van der Waals surface area contributed by atoms with E-state index < -0.39 is 24.4 Å². The van der Waals surface area contributed by atoms with Crippen LogP contribution in [-0.2, 0) is 11.3 Å². The number of nitrogens with zero attached hydrogens (tertiary/aromatic N) is 3. The number of ether oxygens (including phenoxy) is 1. The van der Waals surface area contributed by atoms with Crippen LogP contribution in [0, 0.1) is 18.4 Å². The van der Waals surface area contributed by atoms with Gasteiger partial charge in [0.15, 0.2) is 5.60 Å². The van der Waals surface area contributed by atoms with Gasteiger partial charge in [0.25, 0.3) is 0 Å². The maximum absolute atomic E-state index is 13.2. The number of aliphatic hydroxyl groups is 2. The predicted molar refractivity (Wildman–Crippen MR) is 73.6 cm³/mol. The van der Waals surface area contributed by atoms with Gasteiger partial charge in [0.05, 0.1) is 18.5 Å². The second-order valence-electron chi connectivity index (χ2n) is 4.50. The minimum atomic E-state index is -1.55. The molecule has 0 fully saturated rings. The molecule has 8 heteroatoms. The van der Waals surface area contributed by atoms with Gasteiger partial charge in [-0.15, -0.1) is 6.42 Å². The Labute approximate surface area is 120 Å². The SMILES string of the molecule is C#C[C@](CO)(OC)[C@@H](O)Cn1ccc2c(N)nc(F)nc21. The highest BCUT2D eigenvalue weighted by Gasteiger charge is 2.36. The van der Waals surface area contributed by atoms with Crippen molar-refractivity contribution in [3.8, 4) is 12.3 Å². The van der Waals surface area contributed by atoms with Crippen LogP contribution in [0.3, 0.4) is 0 Å². The standard InChI is InChI=1S/C13H15FN4O3/c1-3-13(7-19,21-2)9(20)6-18-5-4-8-10(15)16-12(14)17-11(8)18/h1,4-5,9,19-20H,6-7H2,2H3,(H2,15,16,17)/t9-,13+/m0/s1. The molecular weight excluding hydrogens is 279 g/mol. The van der Waals surface area contributed by atoms with Crippen LogP contribution in [0.5, 0.6) is 0 Å². The van der Waals surface area contributed by atoms with Gasteiger partial charge in [-0.05, 0) is 6.07 Å². The average Bonchev–Trinajstić information content (AvgIpc) is 2.85. The summed E-state index contributed by atoms with van der Waals surface area (Å²) in [5, 5.41) is 20.0. The molecule has 0 aliphatic carbocycles. The molecule has 0 aromatic carbocycles. The van der Waals surface area contributed by atoms with Gasteiger partial charge in [-0.3, -0.25) is 0 Å². The third kappa shape index (κ3) is 2.54. The summed E-state index contributed by atoms with van der Waals surface area (Å²) < 4.78 is 19.7. The number of hydrogen-bond acceptors (Lipinski definition) is 6. The number of terminal acetylenes is 1. The van der Waals surface area contributed by atoms with Gasteiger partial charge in [0.1, 0.15) is 17.6 Å². The van der Waals surface area contributed by atoms with Crippen molar-refractivity contribution >= 4 is 16.9 Å². The Balaban J connectivity index is 2.39. The van der Waals surface area contributed by atoms with E-state index in [2.05, 4.69) is 15.9 Å². The number of aromatic nitrogens is 3. The molecule has 0 bridgehead atoms. The van der Waals surface area contributed by atoms with E-state index in [0.717, 1.165) is 0 Å². The summed E-state index contributed by atoms with van der Waals surface area (Å²) in [4.78, 5) is 7.07. The van der Waals surface area contributed by atoms with Crippen LogP contribution >= 0.6 is 0 Å².